The summed E-state index contributed by atoms with van der Waals surface area (Å²) in [6.45, 7) is 0.722. The first-order valence-corrected chi connectivity index (χ1v) is 9.18. The molecular weight excluding hydrogens is 384 g/mol. The number of benzene rings is 2. The molecule has 3 aromatic rings. The van der Waals surface area contributed by atoms with Gasteiger partial charge in [0, 0.05) is 30.6 Å². The summed E-state index contributed by atoms with van der Waals surface area (Å²) < 4.78 is 8.16. The number of H-pyrrole nitrogens is 1. The van der Waals surface area contributed by atoms with Crippen LogP contribution in [-0.4, -0.2) is 27.2 Å². The highest BCUT2D eigenvalue weighted by atomic mass is 35.5. The number of ether oxygens (including phenoxy) is 1. The number of carbonyl (C=O) groups excluding carboxylic acids is 1. The number of amides is 1. The number of carbonyl (C=O) groups is 1. The first kappa shape index (κ1) is 19.1. The SMILES string of the molecule is Cn1c(CCNC(=O)c2ccccc2OCc2ccccc2Cl)n[nH]c1=S. The lowest BCUT2D eigenvalue weighted by Crippen LogP contribution is -2.26. The molecule has 140 valence electrons. The van der Waals surface area contributed by atoms with Gasteiger partial charge >= 0.3 is 0 Å². The van der Waals surface area contributed by atoms with E-state index in [-0.39, 0.29) is 12.5 Å². The maximum atomic E-state index is 12.6. The van der Waals surface area contributed by atoms with Crippen molar-refractivity contribution in [3.05, 3.63) is 75.3 Å². The van der Waals surface area contributed by atoms with Gasteiger partial charge in [-0.2, -0.15) is 5.10 Å². The molecule has 6 nitrogen and oxygen atoms in total. The number of hydrogen-bond acceptors (Lipinski definition) is 4. The minimum absolute atomic E-state index is 0.207. The summed E-state index contributed by atoms with van der Waals surface area (Å²) in [7, 11) is 1.83. The quantitative estimate of drug-likeness (QED) is 0.591. The van der Waals surface area contributed by atoms with Crippen LogP contribution in [0.3, 0.4) is 0 Å². The van der Waals surface area contributed by atoms with E-state index in [2.05, 4.69) is 15.5 Å². The fourth-order valence-corrected chi connectivity index (χ4v) is 2.88. The number of nitrogens with one attached hydrogen (secondary N) is 2. The summed E-state index contributed by atoms with van der Waals surface area (Å²) in [6.07, 6.45) is 0.567. The van der Waals surface area contributed by atoms with Crippen molar-refractivity contribution in [1.29, 1.82) is 0 Å². The maximum Gasteiger partial charge on any atom is 0.255 e. The van der Waals surface area contributed by atoms with Crippen molar-refractivity contribution in [2.45, 2.75) is 13.0 Å². The molecule has 2 N–H and O–H groups in total. The van der Waals surface area contributed by atoms with Gasteiger partial charge in [0.25, 0.3) is 5.91 Å². The van der Waals surface area contributed by atoms with Crippen LogP contribution in [0.1, 0.15) is 21.7 Å². The second-order valence-electron chi connectivity index (χ2n) is 5.89. The van der Waals surface area contributed by atoms with Gasteiger partial charge in [-0.05, 0) is 30.4 Å². The van der Waals surface area contributed by atoms with Gasteiger partial charge in [0.05, 0.1) is 5.56 Å². The molecule has 1 amide bonds. The molecule has 1 aromatic heterocycles. The highest BCUT2D eigenvalue weighted by molar-refractivity contribution is 7.71. The molecule has 0 unspecified atom stereocenters. The minimum atomic E-state index is -0.207. The Morgan fingerprint density at radius 3 is 2.74 bits per heavy atom. The maximum absolute atomic E-state index is 12.6. The Morgan fingerprint density at radius 2 is 2.00 bits per heavy atom. The molecule has 0 spiro atoms. The van der Waals surface area contributed by atoms with E-state index >= 15 is 0 Å². The standard InChI is InChI=1S/C19H19ClN4O2S/c1-24-17(22-23-19(24)27)10-11-21-18(25)14-7-3-5-9-16(14)26-12-13-6-2-4-8-15(13)20/h2-9H,10-12H2,1H3,(H,21,25)(H,23,27). The van der Waals surface area contributed by atoms with Crippen LogP contribution in [0, 0.1) is 4.77 Å². The van der Waals surface area contributed by atoms with Gasteiger partial charge in [0.1, 0.15) is 18.2 Å². The molecule has 0 radical (unpaired) electrons. The van der Waals surface area contributed by atoms with Crippen LogP contribution in [0.2, 0.25) is 5.02 Å². The van der Waals surface area contributed by atoms with E-state index in [1.807, 2.05) is 37.4 Å². The molecule has 0 aliphatic rings. The fourth-order valence-electron chi connectivity index (χ4n) is 2.54. The summed E-state index contributed by atoms with van der Waals surface area (Å²) in [5, 5.41) is 10.4. The third-order valence-corrected chi connectivity index (χ3v) is 4.81. The van der Waals surface area contributed by atoms with Gasteiger partial charge in [-0.15, -0.1) is 0 Å². The predicted molar refractivity (Wildman–Crippen MR) is 107 cm³/mol. The molecule has 0 bridgehead atoms. The Balaban J connectivity index is 1.62. The van der Waals surface area contributed by atoms with Crippen LogP contribution in [0.5, 0.6) is 5.75 Å². The number of halogens is 1. The van der Waals surface area contributed by atoms with Crippen molar-refractivity contribution in [2.24, 2.45) is 7.05 Å². The van der Waals surface area contributed by atoms with Crippen LogP contribution >= 0.6 is 23.8 Å². The van der Waals surface area contributed by atoms with E-state index in [4.69, 9.17) is 28.6 Å². The Bertz CT molecular complexity index is 999. The number of aromatic amines is 1. The lowest BCUT2D eigenvalue weighted by molar-refractivity contribution is 0.0949. The summed E-state index contributed by atoms with van der Waals surface area (Å²) in [5.41, 5.74) is 1.33. The Hall–Kier alpha value is -2.64. The van der Waals surface area contributed by atoms with Crippen LogP contribution < -0.4 is 10.1 Å². The molecule has 0 saturated carbocycles. The van der Waals surface area contributed by atoms with Crippen molar-refractivity contribution in [2.75, 3.05) is 6.54 Å². The molecule has 3 rings (SSSR count). The molecule has 27 heavy (non-hydrogen) atoms. The van der Waals surface area contributed by atoms with E-state index < -0.39 is 0 Å². The predicted octanol–water partition coefficient (Wildman–Crippen LogP) is 3.68. The van der Waals surface area contributed by atoms with Crippen molar-refractivity contribution < 1.29 is 9.53 Å². The largest absolute Gasteiger partial charge is 0.488 e. The van der Waals surface area contributed by atoms with Crippen molar-refractivity contribution >= 4 is 29.7 Å². The topological polar surface area (TPSA) is 71.9 Å². The smallest absolute Gasteiger partial charge is 0.255 e. The van der Waals surface area contributed by atoms with Crippen molar-refractivity contribution in [3.63, 3.8) is 0 Å². The summed E-state index contributed by atoms with van der Waals surface area (Å²) in [4.78, 5) is 12.6. The van der Waals surface area contributed by atoms with E-state index in [0.717, 1.165) is 11.4 Å². The first-order valence-electron chi connectivity index (χ1n) is 8.40. The highest BCUT2D eigenvalue weighted by Gasteiger charge is 2.13. The average molecular weight is 403 g/mol. The number of hydrogen-bond donors (Lipinski definition) is 2. The normalized spacial score (nSPS) is 10.6. The van der Waals surface area contributed by atoms with Gasteiger partial charge in [-0.1, -0.05) is 41.9 Å². The van der Waals surface area contributed by atoms with E-state index in [1.54, 1.807) is 22.8 Å². The van der Waals surface area contributed by atoms with Crippen molar-refractivity contribution in [3.8, 4) is 5.75 Å². The zero-order valence-electron chi connectivity index (χ0n) is 14.7. The zero-order valence-corrected chi connectivity index (χ0v) is 16.3. The number of para-hydroxylation sites is 1. The Labute approximate surface area is 167 Å². The van der Waals surface area contributed by atoms with Crippen LogP contribution in [0.25, 0.3) is 0 Å². The van der Waals surface area contributed by atoms with Gasteiger partial charge < -0.3 is 14.6 Å². The van der Waals surface area contributed by atoms with E-state index in [1.165, 1.54) is 0 Å². The third kappa shape index (κ3) is 4.75. The molecular formula is C19H19ClN4O2S. The molecule has 1 heterocycles. The number of rotatable bonds is 7. The number of nitrogens with zero attached hydrogens (tertiary/aromatic N) is 2. The molecule has 0 atom stereocenters. The molecule has 0 aliphatic carbocycles. The van der Waals surface area contributed by atoms with E-state index in [0.29, 0.717) is 34.1 Å². The molecule has 8 heteroatoms. The molecule has 2 aromatic carbocycles. The fraction of sp³-hybridized carbons (Fsp3) is 0.211. The molecule has 0 fully saturated rings. The summed E-state index contributed by atoms with van der Waals surface area (Å²) >= 11 is 11.2. The Kier molecular flexibility index (Phi) is 6.26. The second kappa shape index (κ2) is 8.83. The first-order chi connectivity index (χ1) is 13.1. The van der Waals surface area contributed by atoms with Crippen LogP contribution in [-0.2, 0) is 20.1 Å². The van der Waals surface area contributed by atoms with Gasteiger partial charge in [0.2, 0.25) is 0 Å². The van der Waals surface area contributed by atoms with Crippen LogP contribution in [0.15, 0.2) is 48.5 Å². The summed E-state index contributed by atoms with van der Waals surface area (Å²) in [5.74, 6) is 1.08. The molecule has 0 aliphatic heterocycles. The summed E-state index contributed by atoms with van der Waals surface area (Å²) in [6, 6.07) is 14.6. The Morgan fingerprint density at radius 1 is 1.26 bits per heavy atom. The van der Waals surface area contributed by atoms with Gasteiger partial charge in [0.15, 0.2) is 4.77 Å². The lowest BCUT2D eigenvalue weighted by Gasteiger charge is -2.12. The molecule has 0 saturated heterocycles. The highest BCUT2D eigenvalue weighted by Crippen LogP contribution is 2.22. The van der Waals surface area contributed by atoms with Crippen molar-refractivity contribution in [1.82, 2.24) is 20.1 Å². The number of aromatic nitrogens is 3. The second-order valence-corrected chi connectivity index (χ2v) is 6.68. The van der Waals surface area contributed by atoms with Gasteiger partial charge in [-0.25, -0.2) is 0 Å². The third-order valence-electron chi connectivity index (χ3n) is 4.08. The monoisotopic (exact) mass is 402 g/mol. The average Bonchev–Trinajstić information content (AvgIpc) is 3.00. The lowest BCUT2D eigenvalue weighted by atomic mass is 10.2. The van der Waals surface area contributed by atoms with Crippen LogP contribution in [0.4, 0.5) is 0 Å². The van der Waals surface area contributed by atoms with E-state index in [9.17, 15) is 4.79 Å². The van der Waals surface area contributed by atoms with Gasteiger partial charge in [-0.3, -0.25) is 9.89 Å². The zero-order chi connectivity index (χ0) is 19.2. The minimum Gasteiger partial charge on any atom is -0.488 e.